The standard InChI is InChI=1S/C54H102O6/c1-4-7-10-13-16-19-21-23-25-26-27-28-29-30-32-33-35-38-41-44-47-53(56)59-50-51(49-58-52(55)46-43-40-37-18-15-12-9-6-3)60-54(57)48-45-42-39-36-34-31-24-22-20-17-14-11-8-5-2/h22,24,51H,4-21,23,25-50H2,1-3H3/b24-22-. The first-order chi connectivity index (χ1) is 29.5. The summed E-state index contributed by atoms with van der Waals surface area (Å²) in [6.07, 6.45) is 55.0. The molecule has 0 aromatic heterocycles. The molecule has 0 aliphatic rings. The van der Waals surface area contributed by atoms with E-state index < -0.39 is 6.10 Å². The molecule has 1 unspecified atom stereocenters. The molecule has 0 aromatic rings. The van der Waals surface area contributed by atoms with Crippen molar-refractivity contribution in [2.75, 3.05) is 13.2 Å². The molecule has 0 radical (unpaired) electrons. The van der Waals surface area contributed by atoms with Crippen LogP contribution >= 0.6 is 0 Å². The van der Waals surface area contributed by atoms with Gasteiger partial charge in [-0.15, -0.1) is 0 Å². The van der Waals surface area contributed by atoms with Crippen LogP contribution in [0.2, 0.25) is 0 Å². The highest BCUT2D eigenvalue weighted by atomic mass is 16.6. The Morgan fingerprint density at radius 3 is 0.833 bits per heavy atom. The van der Waals surface area contributed by atoms with E-state index in [0.717, 1.165) is 64.2 Å². The number of esters is 3. The van der Waals surface area contributed by atoms with E-state index in [1.165, 1.54) is 193 Å². The molecule has 0 aliphatic carbocycles. The van der Waals surface area contributed by atoms with E-state index in [9.17, 15) is 14.4 Å². The molecule has 6 heteroatoms. The summed E-state index contributed by atoms with van der Waals surface area (Å²) in [4.78, 5) is 37.8. The quantitative estimate of drug-likeness (QED) is 0.0263. The number of hydrogen-bond donors (Lipinski definition) is 0. The summed E-state index contributed by atoms with van der Waals surface area (Å²) in [7, 11) is 0. The summed E-state index contributed by atoms with van der Waals surface area (Å²) in [5.41, 5.74) is 0. The van der Waals surface area contributed by atoms with Gasteiger partial charge in [0.25, 0.3) is 0 Å². The van der Waals surface area contributed by atoms with Crippen molar-refractivity contribution >= 4 is 17.9 Å². The Labute approximate surface area is 373 Å². The molecular formula is C54H102O6. The van der Waals surface area contributed by atoms with Gasteiger partial charge in [0.2, 0.25) is 0 Å². The monoisotopic (exact) mass is 847 g/mol. The van der Waals surface area contributed by atoms with Gasteiger partial charge in [0.15, 0.2) is 6.10 Å². The third kappa shape index (κ3) is 47.2. The Kier molecular flexibility index (Phi) is 48.3. The maximum Gasteiger partial charge on any atom is 0.306 e. The Balaban J connectivity index is 4.19. The van der Waals surface area contributed by atoms with E-state index >= 15 is 0 Å². The molecule has 0 rings (SSSR count). The molecule has 1 atom stereocenters. The van der Waals surface area contributed by atoms with E-state index in [0.29, 0.717) is 19.3 Å². The molecule has 0 spiro atoms. The van der Waals surface area contributed by atoms with Crippen molar-refractivity contribution in [3.05, 3.63) is 12.2 Å². The molecule has 60 heavy (non-hydrogen) atoms. The number of unbranched alkanes of at least 4 members (excludes halogenated alkanes) is 36. The van der Waals surface area contributed by atoms with Crippen molar-refractivity contribution in [2.45, 2.75) is 303 Å². The molecule has 0 aliphatic heterocycles. The van der Waals surface area contributed by atoms with Gasteiger partial charge in [0.05, 0.1) is 0 Å². The molecule has 0 bridgehead atoms. The Morgan fingerprint density at radius 1 is 0.317 bits per heavy atom. The number of rotatable bonds is 49. The Hall–Kier alpha value is -1.85. The van der Waals surface area contributed by atoms with Gasteiger partial charge in [-0.1, -0.05) is 245 Å². The van der Waals surface area contributed by atoms with Crippen molar-refractivity contribution in [3.63, 3.8) is 0 Å². The average Bonchev–Trinajstić information content (AvgIpc) is 3.24. The fourth-order valence-corrected chi connectivity index (χ4v) is 7.97. The lowest BCUT2D eigenvalue weighted by Crippen LogP contribution is -2.30. The van der Waals surface area contributed by atoms with Gasteiger partial charge in [-0.05, 0) is 44.9 Å². The lowest BCUT2D eigenvalue weighted by atomic mass is 10.0. The van der Waals surface area contributed by atoms with Gasteiger partial charge < -0.3 is 14.2 Å². The van der Waals surface area contributed by atoms with Crippen LogP contribution in [0.25, 0.3) is 0 Å². The zero-order chi connectivity index (χ0) is 43.7. The van der Waals surface area contributed by atoms with Crippen LogP contribution in [-0.4, -0.2) is 37.2 Å². The molecule has 0 amide bonds. The number of carbonyl (C=O) groups is 3. The van der Waals surface area contributed by atoms with Crippen LogP contribution in [0, 0.1) is 0 Å². The first kappa shape index (κ1) is 58.1. The van der Waals surface area contributed by atoms with Gasteiger partial charge in [-0.2, -0.15) is 0 Å². The van der Waals surface area contributed by atoms with Gasteiger partial charge in [0, 0.05) is 19.3 Å². The van der Waals surface area contributed by atoms with Crippen LogP contribution in [0.4, 0.5) is 0 Å². The van der Waals surface area contributed by atoms with Crippen LogP contribution < -0.4 is 0 Å². The number of hydrogen-bond acceptors (Lipinski definition) is 6. The topological polar surface area (TPSA) is 78.9 Å². The van der Waals surface area contributed by atoms with E-state index in [-0.39, 0.29) is 31.1 Å². The minimum atomic E-state index is -0.766. The molecule has 0 N–H and O–H groups in total. The van der Waals surface area contributed by atoms with E-state index in [1.807, 2.05) is 0 Å². The van der Waals surface area contributed by atoms with Crippen molar-refractivity contribution in [3.8, 4) is 0 Å². The first-order valence-corrected chi connectivity index (χ1v) is 26.7. The van der Waals surface area contributed by atoms with Crippen molar-refractivity contribution in [1.82, 2.24) is 0 Å². The first-order valence-electron chi connectivity index (χ1n) is 26.7. The highest BCUT2D eigenvalue weighted by molar-refractivity contribution is 5.71. The maximum atomic E-state index is 12.8. The SMILES string of the molecule is CCCCCCC/C=C\CCCCCCCC(=O)OC(COC(=O)CCCCCCCCCC)COC(=O)CCCCCCCCCCCCCCCCCCCCCC. The molecule has 6 nitrogen and oxygen atoms in total. The highest BCUT2D eigenvalue weighted by Gasteiger charge is 2.19. The van der Waals surface area contributed by atoms with Crippen LogP contribution in [0.15, 0.2) is 12.2 Å². The normalized spacial score (nSPS) is 12.0. The summed E-state index contributed by atoms with van der Waals surface area (Å²) < 4.78 is 16.8. The predicted octanol–water partition coefficient (Wildman–Crippen LogP) is 17.4. The zero-order valence-corrected chi connectivity index (χ0v) is 40.5. The second kappa shape index (κ2) is 49.8. The second-order valence-corrected chi connectivity index (χ2v) is 18.2. The Bertz CT molecular complexity index is 931. The molecule has 0 fully saturated rings. The third-order valence-electron chi connectivity index (χ3n) is 12.0. The van der Waals surface area contributed by atoms with Crippen LogP contribution in [0.3, 0.4) is 0 Å². The molecule has 0 saturated heterocycles. The number of carbonyl (C=O) groups excluding carboxylic acids is 3. The minimum absolute atomic E-state index is 0.0684. The predicted molar refractivity (Wildman–Crippen MR) is 256 cm³/mol. The van der Waals surface area contributed by atoms with Gasteiger partial charge in [0.1, 0.15) is 13.2 Å². The van der Waals surface area contributed by atoms with Gasteiger partial charge >= 0.3 is 17.9 Å². The fourth-order valence-electron chi connectivity index (χ4n) is 7.97. The van der Waals surface area contributed by atoms with E-state index in [4.69, 9.17) is 14.2 Å². The van der Waals surface area contributed by atoms with Crippen LogP contribution in [-0.2, 0) is 28.6 Å². The highest BCUT2D eigenvalue weighted by Crippen LogP contribution is 2.16. The minimum Gasteiger partial charge on any atom is -0.462 e. The zero-order valence-electron chi connectivity index (χ0n) is 40.5. The number of ether oxygens (including phenoxy) is 3. The lowest BCUT2D eigenvalue weighted by Gasteiger charge is -2.18. The molecule has 354 valence electrons. The summed E-state index contributed by atoms with van der Waals surface area (Å²) in [5.74, 6) is -0.865. The summed E-state index contributed by atoms with van der Waals surface area (Å²) >= 11 is 0. The largest absolute Gasteiger partial charge is 0.462 e. The number of allylic oxidation sites excluding steroid dienone is 2. The van der Waals surface area contributed by atoms with Gasteiger partial charge in [-0.3, -0.25) is 14.4 Å². The summed E-state index contributed by atoms with van der Waals surface area (Å²) in [6, 6.07) is 0. The van der Waals surface area contributed by atoms with E-state index in [1.54, 1.807) is 0 Å². The van der Waals surface area contributed by atoms with Gasteiger partial charge in [-0.25, -0.2) is 0 Å². The third-order valence-corrected chi connectivity index (χ3v) is 12.0. The Morgan fingerprint density at radius 2 is 0.550 bits per heavy atom. The maximum absolute atomic E-state index is 12.8. The van der Waals surface area contributed by atoms with Crippen LogP contribution in [0.1, 0.15) is 297 Å². The van der Waals surface area contributed by atoms with Crippen LogP contribution in [0.5, 0.6) is 0 Å². The molecule has 0 aromatic carbocycles. The second-order valence-electron chi connectivity index (χ2n) is 18.2. The van der Waals surface area contributed by atoms with E-state index in [2.05, 4.69) is 32.9 Å². The summed E-state index contributed by atoms with van der Waals surface area (Å²) in [6.45, 7) is 6.63. The summed E-state index contributed by atoms with van der Waals surface area (Å²) in [5, 5.41) is 0. The fraction of sp³-hybridized carbons (Fsp3) is 0.907. The molecule has 0 saturated carbocycles. The lowest BCUT2D eigenvalue weighted by molar-refractivity contribution is -0.167. The average molecular weight is 847 g/mol. The van der Waals surface area contributed by atoms with Crippen molar-refractivity contribution < 1.29 is 28.6 Å². The molecular weight excluding hydrogens is 745 g/mol. The smallest absolute Gasteiger partial charge is 0.306 e. The molecule has 0 heterocycles. The van der Waals surface area contributed by atoms with Crippen molar-refractivity contribution in [1.29, 1.82) is 0 Å². The van der Waals surface area contributed by atoms with Crippen molar-refractivity contribution in [2.24, 2.45) is 0 Å².